The van der Waals surface area contributed by atoms with Crippen LogP contribution in [0.2, 0.25) is 0 Å². The summed E-state index contributed by atoms with van der Waals surface area (Å²) in [6.45, 7) is -0.302. The van der Waals surface area contributed by atoms with E-state index in [1.165, 1.54) is 18.2 Å². The summed E-state index contributed by atoms with van der Waals surface area (Å²) >= 11 is 0. The largest absolute Gasteiger partial charge is 0.480 e. The fraction of sp³-hybridized carbons (Fsp3) is 0.429. The van der Waals surface area contributed by atoms with Crippen LogP contribution >= 0.6 is 0 Å². The molecule has 0 unspecified atom stereocenters. The number of benzene rings is 1. The second-order valence-electron chi connectivity index (χ2n) is 6.68. The van der Waals surface area contributed by atoms with Crippen molar-refractivity contribution >= 4 is 47.2 Å². The van der Waals surface area contributed by atoms with Gasteiger partial charge in [0, 0.05) is 32.5 Å². The zero-order chi connectivity index (χ0) is 27.1. The second kappa shape index (κ2) is 15.4. The minimum Gasteiger partial charge on any atom is -0.480 e. The molecule has 15 nitrogen and oxygen atoms in total. The van der Waals surface area contributed by atoms with Crippen LogP contribution in [0.1, 0.15) is 20.8 Å². The fourth-order valence-corrected chi connectivity index (χ4v) is 2.25. The monoisotopic (exact) mass is 514 g/mol. The van der Waals surface area contributed by atoms with Crippen molar-refractivity contribution in [3.8, 4) is 5.75 Å². The summed E-state index contributed by atoms with van der Waals surface area (Å²) in [7, 11) is 0. The van der Waals surface area contributed by atoms with Crippen LogP contribution < -0.4 is 15.4 Å². The van der Waals surface area contributed by atoms with Crippen molar-refractivity contribution in [2.45, 2.75) is 20.8 Å². The number of esters is 6. The summed E-state index contributed by atoms with van der Waals surface area (Å²) in [6, 6.07) is 4.15. The summed E-state index contributed by atoms with van der Waals surface area (Å²) in [5, 5.41) is 0. The SMILES string of the molecule is CC(=O)OCOC(=O)COc1cc(N)ccc1N(CC(=O)OCOC(C)=O)CC(=O)OCOC(C)=O. The summed E-state index contributed by atoms with van der Waals surface area (Å²) < 4.78 is 33.3. The van der Waals surface area contributed by atoms with E-state index in [-0.39, 0.29) is 17.1 Å². The van der Waals surface area contributed by atoms with Crippen molar-refractivity contribution in [1.82, 2.24) is 0 Å². The Bertz CT molecular complexity index is 929. The van der Waals surface area contributed by atoms with Crippen LogP contribution in [0.5, 0.6) is 5.75 Å². The number of hydrogen-bond donors (Lipinski definition) is 1. The molecule has 0 spiro atoms. The van der Waals surface area contributed by atoms with Gasteiger partial charge in [0.05, 0.1) is 5.69 Å². The molecule has 0 aromatic heterocycles. The second-order valence-corrected chi connectivity index (χ2v) is 6.68. The van der Waals surface area contributed by atoms with Gasteiger partial charge in [-0.15, -0.1) is 0 Å². The predicted molar refractivity (Wildman–Crippen MR) is 117 cm³/mol. The van der Waals surface area contributed by atoms with Crippen LogP contribution in [-0.2, 0) is 57.2 Å². The first-order chi connectivity index (χ1) is 17.0. The van der Waals surface area contributed by atoms with Crippen LogP contribution in [0.3, 0.4) is 0 Å². The first-order valence-electron chi connectivity index (χ1n) is 10.1. The van der Waals surface area contributed by atoms with Crippen LogP contribution in [0.15, 0.2) is 18.2 Å². The Kier molecular flexibility index (Phi) is 12.6. The number of hydrogen-bond acceptors (Lipinski definition) is 15. The van der Waals surface area contributed by atoms with Crippen LogP contribution in [0.25, 0.3) is 0 Å². The number of ether oxygens (including phenoxy) is 7. The van der Waals surface area contributed by atoms with Crippen molar-refractivity contribution in [3.05, 3.63) is 18.2 Å². The van der Waals surface area contributed by atoms with Crippen molar-refractivity contribution < 1.29 is 61.9 Å². The Balaban J connectivity index is 3.00. The zero-order valence-electron chi connectivity index (χ0n) is 19.8. The first-order valence-corrected chi connectivity index (χ1v) is 10.1. The van der Waals surface area contributed by atoms with Gasteiger partial charge in [0.15, 0.2) is 6.61 Å². The van der Waals surface area contributed by atoms with Crippen LogP contribution in [0, 0.1) is 0 Å². The van der Waals surface area contributed by atoms with E-state index in [1.54, 1.807) is 0 Å². The van der Waals surface area contributed by atoms with Gasteiger partial charge in [-0.05, 0) is 12.1 Å². The molecule has 0 saturated heterocycles. The maximum absolute atomic E-state index is 12.3. The summed E-state index contributed by atoms with van der Waals surface area (Å²) in [5.41, 5.74) is 6.12. The lowest BCUT2D eigenvalue weighted by atomic mass is 10.2. The quantitative estimate of drug-likeness (QED) is 0.146. The summed E-state index contributed by atoms with van der Waals surface area (Å²) in [6.07, 6.45) is 0. The Morgan fingerprint density at radius 1 is 0.694 bits per heavy atom. The molecule has 0 saturated carbocycles. The number of anilines is 2. The number of carbonyl (C=O) groups is 6. The summed E-state index contributed by atoms with van der Waals surface area (Å²) in [5.74, 6) is -4.72. The third-order valence-electron chi connectivity index (χ3n) is 3.76. The summed E-state index contributed by atoms with van der Waals surface area (Å²) in [4.78, 5) is 70.0. The molecular weight excluding hydrogens is 488 g/mol. The zero-order valence-corrected chi connectivity index (χ0v) is 19.8. The van der Waals surface area contributed by atoms with E-state index in [4.69, 9.17) is 19.9 Å². The van der Waals surface area contributed by atoms with Gasteiger partial charge in [-0.1, -0.05) is 0 Å². The first kappa shape index (κ1) is 29.5. The topological polar surface area (TPSA) is 196 Å². The molecule has 0 bridgehead atoms. The van der Waals surface area contributed by atoms with Crippen molar-refractivity contribution in [2.75, 3.05) is 50.7 Å². The third kappa shape index (κ3) is 12.6. The highest BCUT2D eigenvalue weighted by atomic mass is 16.7. The predicted octanol–water partition coefficient (Wildman–Crippen LogP) is -0.355. The lowest BCUT2D eigenvalue weighted by molar-refractivity contribution is -0.168. The highest BCUT2D eigenvalue weighted by Gasteiger charge is 2.22. The molecule has 0 aliphatic rings. The molecule has 1 aromatic carbocycles. The van der Waals surface area contributed by atoms with E-state index in [1.807, 2.05) is 0 Å². The van der Waals surface area contributed by atoms with Gasteiger partial charge in [-0.2, -0.15) is 0 Å². The molecule has 1 aromatic rings. The van der Waals surface area contributed by atoms with Gasteiger partial charge in [-0.25, -0.2) is 4.79 Å². The molecule has 0 atom stereocenters. The van der Waals surface area contributed by atoms with E-state index in [9.17, 15) is 28.8 Å². The maximum Gasteiger partial charge on any atom is 0.347 e. The Labute approximate surface area is 205 Å². The standard InChI is InChI=1S/C21H26N2O13/c1-13(24)31-10-34-19(27)7-23(8-20(28)35-11-32-14(2)25)17-5-4-16(22)6-18(17)30-9-21(29)36-12-33-15(3)26/h4-6H,7-12,22H2,1-3H3. The minimum absolute atomic E-state index is 0.0278. The average Bonchev–Trinajstić information content (AvgIpc) is 2.76. The van der Waals surface area contributed by atoms with E-state index in [0.717, 1.165) is 25.7 Å². The molecule has 1 rings (SSSR count). The van der Waals surface area contributed by atoms with Gasteiger partial charge in [0.2, 0.25) is 20.4 Å². The average molecular weight is 514 g/mol. The highest BCUT2D eigenvalue weighted by Crippen LogP contribution is 2.31. The number of nitrogen functional groups attached to an aromatic ring is 1. The van der Waals surface area contributed by atoms with Crippen molar-refractivity contribution in [1.29, 1.82) is 0 Å². The molecule has 198 valence electrons. The van der Waals surface area contributed by atoms with E-state index < -0.39 is 75.9 Å². The number of carbonyl (C=O) groups excluding carboxylic acids is 6. The van der Waals surface area contributed by atoms with Gasteiger partial charge < -0.3 is 43.8 Å². The molecule has 36 heavy (non-hydrogen) atoms. The smallest absolute Gasteiger partial charge is 0.347 e. The molecule has 2 N–H and O–H groups in total. The molecule has 0 fully saturated rings. The Morgan fingerprint density at radius 2 is 1.14 bits per heavy atom. The molecule has 0 amide bonds. The normalized spacial score (nSPS) is 9.86. The van der Waals surface area contributed by atoms with Gasteiger partial charge in [0.25, 0.3) is 0 Å². The van der Waals surface area contributed by atoms with Gasteiger partial charge >= 0.3 is 35.8 Å². The van der Waals surface area contributed by atoms with E-state index >= 15 is 0 Å². The molecular formula is C21H26N2O13. The molecule has 0 aliphatic carbocycles. The fourth-order valence-electron chi connectivity index (χ4n) is 2.25. The van der Waals surface area contributed by atoms with Crippen molar-refractivity contribution in [2.24, 2.45) is 0 Å². The molecule has 0 heterocycles. The molecule has 15 heteroatoms. The molecule has 0 radical (unpaired) electrons. The van der Waals surface area contributed by atoms with Crippen molar-refractivity contribution in [3.63, 3.8) is 0 Å². The lowest BCUT2D eigenvalue weighted by Crippen LogP contribution is -2.37. The lowest BCUT2D eigenvalue weighted by Gasteiger charge is -2.25. The van der Waals surface area contributed by atoms with Gasteiger partial charge in [-0.3, -0.25) is 24.0 Å². The molecule has 0 aliphatic heterocycles. The van der Waals surface area contributed by atoms with Crippen LogP contribution in [0.4, 0.5) is 11.4 Å². The number of nitrogens with zero attached hydrogens (tertiary/aromatic N) is 1. The van der Waals surface area contributed by atoms with Crippen LogP contribution in [-0.4, -0.2) is 75.9 Å². The Hall–Kier alpha value is -4.56. The highest BCUT2D eigenvalue weighted by molar-refractivity contribution is 5.83. The number of nitrogens with two attached hydrogens (primary N) is 1. The maximum atomic E-state index is 12.3. The van der Waals surface area contributed by atoms with E-state index in [0.29, 0.717) is 0 Å². The third-order valence-corrected chi connectivity index (χ3v) is 3.76. The Morgan fingerprint density at radius 3 is 1.58 bits per heavy atom. The van der Waals surface area contributed by atoms with E-state index in [2.05, 4.69) is 18.9 Å². The minimum atomic E-state index is -0.896. The number of rotatable bonds is 14. The van der Waals surface area contributed by atoms with Gasteiger partial charge in [0.1, 0.15) is 18.8 Å².